The summed E-state index contributed by atoms with van der Waals surface area (Å²) in [5.74, 6) is 0. The van der Waals surface area contributed by atoms with Gasteiger partial charge in [-0.1, -0.05) is 0 Å². The zero-order valence-corrected chi connectivity index (χ0v) is 10.6. The van der Waals surface area contributed by atoms with E-state index < -0.39 is 12.2 Å². The quantitative estimate of drug-likeness (QED) is 0.308. The number of hydrogen-bond donors (Lipinski definition) is 5. The average Bonchev–Trinajstić information content (AvgIpc) is 2.04. The first-order chi connectivity index (χ1) is 5.08. The second kappa shape index (κ2) is 18.8. The molecule has 1 atom stereocenters. The molecule has 0 fully saturated rings. The third kappa shape index (κ3) is 32.0. The Labute approximate surface area is 106 Å². The van der Waals surface area contributed by atoms with Crippen molar-refractivity contribution in [2.45, 2.75) is 19.1 Å². The molecule has 7 heteroatoms. The third-order valence-corrected chi connectivity index (χ3v) is 0.686. The van der Waals surface area contributed by atoms with Gasteiger partial charge in [0.05, 0.1) is 25.9 Å². The summed E-state index contributed by atoms with van der Waals surface area (Å²) in [6.07, 6.45) is -1.51. The van der Waals surface area contributed by atoms with Gasteiger partial charge in [0.1, 0.15) is 6.10 Å². The summed E-state index contributed by atoms with van der Waals surface area (Å²) in [4.78, 5) is 0. The van der Waals surface area contributed by atoms with Crippen LogP contribution in [0.4, 0.5) is 0 Å². The topological polar surface area (TPSA) is 101 Å². The minimum Gasteiger partial charge on any atom is -1.00 e. The van der Waals surface area contributed by atoms with E-state index in [1.54, 1.807) is 0 Å². The van der Waals surface area contributed by atoms with Crippen molar-refractivity contribution in [3.05, 3.63) is 0 Å². The number of hydrogen-bond acceptors (Lipinski definition) is 5. The number of aliphatic hydroxyl groups is 5. The van der Waals surface area contributed by atoms with Crippen LogP contribution in [0.5, 0.6) is 0 Å². The van der Waals surface area contributed by atoms with Crippen molar-refractivity contribution in [3.8, 4) is 0 Å². The standard InChI is InChI=1S/C3H8O3.C3H8O2.ClH.Na/c4-1-3(6)2-5;1-3(5)2-4;;/h3-6H,1-2H2;3-5H,2H2,1H3;1H;/q;;;+1/p-1. The van der Waals surface area contributed by atoms with Gasteiger partial charge >= 0.3 is 29.6 Å². The molecule has 0 saturated carbocycles. The Morgan fingerprint density at radius 2 is 1.15 bits per heavy atom. The molecule has 0 aromatic heterocycles. The summed E-state index contributed by atoms with van der Waals surface area (Å²) >= 11 is 0. The molecule has 0 radical (unpaired) electrons. The first-order valence-corrected chi connectivity index (χ1v) is 3.27. The van der Waals surface area contributed by atoms with E-state index in [-0.39, 0.29) is 61.8 Å². The number of rotatable bonds is 3. The second-order valence-electron chi connectivity index (χ2n) is 2.05. The van der Waals surface area contributed by atoms with E-state index in [4.69, 9.17) is 25.5 Å². The molecule has 5 nitrogen and oxygen atoms in total. The van der Waals surface area contributed by atoms with E-state index in [0.29, 0.717) is 0 Å². The molecule has 0 aromatic rings. The van der Waals surface area contributed by atoms with Crippen LogP contribution in [0.25, 0.3) is 0 Å². The number of aliphatic hydroxyl groups excluding tert-OH is 5. The Bertz CT molecular complexity index is 72.0. The normalized spacial score (nSPS) is 10.4. The summed E-state index contributed by atoms with van der Waals surface area (Å²) < 4.78 is 0. The van der Waals surface area contributed by atoms with Crippen LogP contribution >= 0.6 is 0 Å². The van der Waals surface area contributed by atoms with E-state index in [0.717, 1.165) is 0 Å². The maximum atomic E-state index is 8.17. The van der Waals surface area contributed by atoms with Crippen molar-refractivity contribution in [3.63, 3.8) is 0 Å². The minimum absolute atomic E-state index is 0. The summed E-state index contributed by atoms with van der Waals surface area (Å²) in [6.45, 7) is 0.660. The molecule has 5 N–H and O–H groups in total. The summed E-state index contributed by atoms with van der Waals surface area (Å²) in [7, 11) is 0. The predicted octanol–water partition coefficient (Wildman–Crippen LogP) is -8.30. The van der Waals surface area contributed by atoms with Gasteiger partial charge in [-0.15, -0.1) is 0 Å². The first kappa shape index (κ1) is 23.7. The van der Waals surface area contributed by atoms with Crippen molar-refractivity contribution >= 4 is 0 Å². The molecule has 13 heavy (non-hydrogen) atoms. The summed E-state index contributed by atoms with van der Waals surface area (Å²) in [6, 6.07) is 0. The average molecular weight is 227 g/mol. The molecule has 0 bridgehead atoms. The monoisotopic (exact) mass is 226 g/mol. The molecule has 0 heterocycles. The molecule has 0 aliphatic rings. The van der Waals surface area contributed by atoms with E-state index in [1.165, 1.54) is 6.92 Å². The fourth-order valence-electron chi connectivity index (χ4n) is 0.0577. The van der Waals surface area contributed by atoms with Gasteiger partial charge in [-0.2, -0.15) is 0 Å². The van der Waals surface area contributed by atoms with E-state index in [2.05, 4.69) is 0 Å². The van der Waals surface area contributed by atoms with Gasteiger partial charge in [0.2, 0.25) is 0 Å². The van der Waals surface area contributed by atoms with Crippen molar-refractivity contribution in [2.24, 2.45) is 0 Å². The van der Waals surface area contributed by atoms with Crippen molar-refractivity contribution in [1.29, 1.82) is 0 Å². The fourth-order valence-corrected chi connectivity index (χ4v) is 0.0577. The maximum Gasteiger partial charge on any atom is 1.00 e. The van der Waals surface area contributed by atoms with Gasteiger partial charge in [0.15, 0.2) is 0 Å². The van der Waals surface area contributed by atoms with Gasteiger partial charge < -0.3 is 37.9 Å². The number of halogens is 1. The Morgan fingerprint density at radius 1 is 0.923 bits per heavy atom. The molecule has 0 aliphatic carbocycles. The van der Waals surface area contributed by atoms with Crippen molar-refractivity contribution in [1.82, 2.24) is 0 Å². The van der Waals surface area contributed by atoms with Crippen molar-refractivity contribution < 1.29 is 67.5 Å². The van der Waals surface area contributed by atoms with Crippen LogP contribution < -0.4 is 42.0 Å². The van der Waals surface area contributed by atoms with Gasteiger partial charge in [-0.05, 0) is 6.92 Å². The van der Waals surface area contributed by atoms with E-state index >= 15 is 0 Å². The van der Waals surface area contributed by atoms with Gasteiger partial charge in [-0.25, -0.2) is 0 Å². The fraction of sp³-hybridized carbons (Fsp3) is 1.00. The largest absolute Gasteiger partial charge is 1.00 e. The van der Waals surface area contributed by atoms with Crippen LogP contribution in [0.1, 0.15) is 6.92 Å². The summed E-state index contributed by atoms with van der Waals surface area (Å²) in [5, 5.41) is 40.0. The predicted molar refractivity (Wildman–Crippen MR) is 38.9 cm³/mol. The van der Waals surface area contributed by atoms with Gasteiger partial charge in [0.25, 0.3) is 0 Å². The molecule has 0 saturated heterocycles. The van der Waals surface area contributed by atoms with E-state index in [1.807, 2.05) is 0 Å². The van der Waals surface area contributed by atoms with Crippen LogP contribution in [0.2, 0.25) is 0 Å². The SMILES string of the molecule is CC(O)CO.OCC(O)CO.[Cl-].[Na+]. The van der Waals surface area contributed by atoms with Crippen LogP contribution in [-0.2, 0) is 0 Å². The smallest absolute Gasteiger partial charge is 1.00 e. The molecule has 0 rings (SSSR count). The molecule has 78 valence electrons. The molecule has 0 spiro atoms. The zero-order valence-electron chi connectivity index (χ0n) is 7.89. The Hall–Kier alpha value is 1.09. The third-order valence-electron chi connectivity index (χ3n) is 0.686. The maximum absolute atomic E-state index is 8.17. The van der Waals surface area contributed by atoms with Crippen LogP contribution in [0, 0.1) is 0 Å². The summed E-state index contributed by atoms with van der Waals surface area (Å²) in [5.41, 5.74) is 0. The van der Waals surface area contributed by atoms with E-state index in [9.17, 15) is 0 Å². The second-order valence-corrected chi connectivity index (χ2v) is 2.05. The Morgan fingerprint density at radius 3 is 1.15 bits per heavy atom. The Kier molecular flexibility index (Phi) is 34.3. The molecular formula is C6H16ClNaO5. The van der Waals surface area contributed by atoms with Gasteiger partial charge in [-0.3, -0.25) is 0 Å². The van der Waals surface area contributed by atoms with Crippen LogP contribution in [0.3, 0.4) is 0 Å². The molecule has 0 aliphatic heterocycles. The molecule has 0 aromatic carbocycles. The Balaban J connectivity index is -0.0000000546. The first-order valence-electron chi connectivity index (χ1n) is 3.27. The van der Waals surface area contributed by atoms with Crippen molar-refractivity contribution in [2.75, 3.05) is 19.8 Å². The van der Waals surface area contributed by atoms with Crippen LogP contribution in [-0.4, -0.2) is 57.6 Å². The van der Waals surface area contributed by atoms with Gasteiger partial charge in [0, 0.05) is 0 Å². The molecular weight excluding hydrogens is 211 g/mol. The van der Waals surface area contributed by atoms with Crippen LogP contribution in [0.15, 0.2) is 0 Å². The molecule has 0 amide bonds. The minimum atomic E-state index is -0.954. The molecule has 1 unspecified atom stereocenters. The zero-order chi connectivity index (χ0) is 9.28.